The van der Waals surface area contributed by atoms with E-state index in [-0.39, 0.29) is 23.4 Å². The molecule has 0 saturated heterocycles. The lowest BCUT2D eigenvalue weighted by atomic mass is 9.85. The van der Waals surface area contributed by atoms with Crippen molar-refractivity contribution < 1.29 is 14.3 Å². The lowest BCUT2D eigenvalue weighted by Gasteiger charge is -2.26. The quantitative estimate of drug-likeness (QED) is 0.641. The zero-order valence-electron chi connectivity index (χ0n) is 17.0. The molecule has 1 aliphatic heterocycles. The number of benzene rings is 1. The molecule has 0 bridgehead atoms. The van der Waals surface area contributed by atoms with Gasteiger partial charge in [-0.1, -0.05) is 30.7 Å². The van der Waals surface area contributed by atoms with Gasteiger partial charge in [0.25, 0.3) is 0 Å². The van der Waals surface area contributed by atoms with Gasteiger partial charge in [0.05, 0.1) is 19.4 Å². The molecular formula is C21H22ClN5O3. The molecule has 2 aromatic heterocycles. The zero-order valence-corrected chi connectivity index (χ0v) is 17.7. The van der Waals surface area contributed by atoms with Crippen LogP contribution in [-0.2, 0) is 4.79 Å². The molecule has 4 rings (SSSR count). The van der Waals surface area contributed by atoms with E-state index in [2.05, 4.69) is 20.6 Å². The van der Waals surface area contributed by atoms with Gasteiger partial charge in [0, 0.05) is 23.5 Å². The van der Waals surface area contributed by atoms with Crippen molar-refractivity contribution in [2.24, 2.45) is 0 Å². The second-order valence-corrected chi connectivity index (χ2v) is 7.39. The number of amides is 1. The van der Waals surface area contributed by atoms with Crippen molar-refractivity contribution in [3.63, 3.8) is 0 Å². The predicted molar refractivity (Wildman–Crippen MR) is 113 cm³/mol. The van der Waals surface area contributed by atoms with Crippen LogP contribution < -0.4 is 14.8 Å². The number of anilines is 1. The van der Waals surface area contributed by atoms with Gasteiger partial charge in [-0.3, -0.25) is 4.79 Å². The number of carbonyl (C=O) groups is 1. The molecule has 0 radical (unpaired) electrons. The van der Waals surface area contributed by atoms with E-state index in [0.717, 1.165) is 23.2 Å². The van der Waals surface area contributed by atoms with Crippen LogP contribution in [0.5, 0.6) is 11.5 Å². The van der Waals surface area contributed by atoms with Gasteiger partial charge in [-0.25, -0.2) is 0 Å². The zero-order chi connectivity index (χ0) is 21.3. The van der Waals surface area contributed by atoms with E-state index in [1.54, 1.807) is 23.9 Å². The number of carbonyl (C=O) groups excluding carboxylic acids is 1. The van der Waals surface area contributed by atoms with Crippen LogP contribution in [0.2, 0.25) is 5.15 Å². The van der Waals surface area contributed by atoms with Crippen molar-refractivity contribution in [3.05, 3.63) is 52.3 Å². The number of aromatic nitrogens is 4. The third kappa shape index (κ3) is 3.59. The first-order valence-corrected chi connectivity index (χ1v) is 10.1. The molecule has 0 aliphatic carbocycles. The highest BCUT2D eigenvalue weighted by Gasteiger charge is 2.35. The minimum atomic E-state index is -0.232. The molecule has 1 aliphatic rings. The van der Waals surface area contributed by atoms with E-state index in [1.807, 2.05) is 32.0 Å². The van der Waals surface area contributed by atoms with Crippen molar-refractivity contribution >= 4 is 23.3 Å². The molecule has 9 heteroatoms. The fraction of sp³-hybridized carbons (Fsp3) is 0.333. The summed E-state index contributed by atoms with van der Waals surface area (Å²) in [6.45, 7) is 4.51. The molecule has 156 valence electrons. The number of hydrogen-bond acceptors (Lipinski definition) is 6. The monoisotopic (exact) mass is 427 g/mol. The van der Waals surface area contributed by atoms with Crippen LogP contribution in [-0.4, -0.2) is 39.6 Å². The molecule has 3 aromatic rings. The summed E-state index contributed by atoms with van der Waals surface area (Å²) >= 11 is 5.86. The second kappa shape index (κ2) is 8.31. The number of methoxy groups -OCH3 is 1. The Morgan fingerprint density at radius 3 is 2.80 bits per heavy atom. The number of hydrogen-bond donors (Lipinski definition) is 1. The maximum Gasteiger partial charge on any atom is 0.226 e. The topological polar surface area (TPSA) is 91.2 Å². The fourth-order valence-electron chi connectivity index (χ4n) is 3.73. The van der Waals surface area contributed by atoms with E-state index in [0.29, 0.717) is 29.7 Å². The van der Waals surface area contributed by atoms with Gasteiger partial charge in [0.1, 0.15) is 5.82 Å². The number of nitrogens with one attached hydrogen (secondary N) is 1. The minimum absolute atomic E-state index is 0.111. The van der Waals surface area contributed by atoms with Crippen LogP contribution >= 0.6 is 11.6 Å². The average Bonchev–Trinajstić information content (AvgIpc) is 3.08. The van der Waals surface area contributed by atoms with E-state index in [1.165, 1.54) is 0 Å². The Bertz CT molecular complexity index is 1080. The molecule has 1 amide bonds. The predicted octanol–water partition coefficient (Wildman–Crippen LogP) is 3.90. The average molecular weight is 428 g/mol. The molecule has 1 atom stereocenters. The first-order chi connectivity index (χ1) is 14.5. The lowest BCUT2D eigenvalue weighted by Crippen LogP contribution is -2.25. The summed E-state index contributed by atoms with van der Waals surface area (Å²) in [4.78, 5) is 12.7. The summed E-state index contributed by atoms with van der Waals surface area (Å²) in [5.74, 6) is 2.00. The Morgan fingerprint density at radius 2 is 2.10 bits per heavy atom. The molecule has 0 saturated carbocycles. The van der Waals surface area contributed by atoms with Gasteiger partial charge in [0.2, 0.25) is 5.91 Å². The van der Waals surface area contributed by atoms with Crippen molar-refractivity contribution in [3.8, 4) is 17.3 Å². The Labute approximate surface area is 179 Å². The maximum absolute atomic E-state index is 12.7. The Kier molecular flexibility index (Phi) is 5.59. The summed E-state index contributed by atoms with van der Waals surface area (Å²) in [7, 11) is 1.61. The molecule has 1 aromatic carbocycles. The van der Waals surface area contributed by atoms with Gasteiger partial charge < -0.3 is 14.8 Å². The smallest absolute Gasteiger partial charge is 0.226 e. The number of para-hydroxylation sites is 1. The van der Waals surface area contributed by atoms with Crippen molar-refractivity contribution in [2.75, 3.05) is 19.0 Å². The molecule has 0 unspecified atom stereocenters. The van der Waals surface area contributed by atoms with Gasteiger partial charge in [-0.05, 0) is 31.5 Å². The molecule has 3 heterocycles. The minimum Gasteiger partial charge on any atom is -0.493 e. The maximum atomic E-state index is 12.7. The van der Waals surface area contributed by atoms with Gasteiger partial charge in [-0.2, -0.15) is 9.78 Å². The van der Waals surface area contributed by atoms with Gasteiger partial charge >= 0.3 is 0 Å². The SMILES string of the molecule is CCCOc1c(OC)cccc1[C@H]1CC(=O)Nc2c1c(C)nn2-c1ccc(Cl)nn1. The number of rotatable bonds is 6. The summed E-state index contributed by atoms with van der Waals surface area (Å²) in [5.41, 5.74) is 2.60. The third-order valence-electron chi connectivity index (χ3n) is 4.99. The Hall–Kier alpha value is -3.13. The Morgan fingerprint density at radius 1 is 1.27 bits per heavy atom. The highest BCUT2D eigenvalue weighted by atomic mass is 35.5. The van der Waals surface area contributed by atoms with Crippen LogP contribution in [0.3, 0.4) is 0 Å². The number of ether oxygens (including phenoxy) is 2. The standard InChI is InChI=1S/C21H22ClN5O3/c1-4-10-30-20-13(6-5-7-15(20)29-3)14-11-18(28)23-21-19(14)12(2)26-27(21)17-9-8-16(22)24-25-17/h5-9,14H,4,10-11H2,1-3H3,(H,23,28)/t14-/m1/s1. The van der Waals surface area contributed by atoms with Crippen LogP contribution in [0.25, 0.3) is 5.82 Å². The van der Waals surface area contributed by atoms with Crippen LogP contribution in [0, 0.1) is 6.92 Å². The second-order valence-electron chi connectivity index (χ2n) is 7.01. The summed E-state index contributed by atoms with van der Waals surface area (Å²) < 4.78 is 13.2. The van der Waals surface area contributed by atoms with Crippen molar-refractivity contribution in [1.29, 1.82) is 0 Å². The lowest BCUT2D eigenvalue weighted by molar-refractivity contribution is -0.116. The summed E-state index contributed by atoms with van der Waals surface area (Å²) in [5, 5.41) is 15.8. The van der Waals surface area contributed by atoms with Gasteiger partial charge in [0.15, 0.2) is 22.5 Å². The third-order valence-corrected chi connectivity index (χ3v) is 5.19. The summed E-state index contributed by atoms with van der Waals surface area (Å²) in [6, 6.07) is 9.08. The van der Waals surface area contributed by atoms with E-state index in [9.17, 15) is 4.79 Å². The molecule has 0 fully saturated rings. The number of halogens is 1. The van der Waals surface area contributed by atoms with Crippen molar-refractivity contribution in [2.45, 2.75) is 32.6 Å². The first-order valence-electron chi connectivity index (χ1n) is 9.72. The molecule has 8 nitrogen and oxygen atoms in total. The normalized spacial score (nSPS) is 15.5. The largest absolute Gasteiger partial charge is 0.493 e. The molecule has 1 N–H and O–H groups in total. The van der Waals surface area contributed by atoms with Crippen LogP contribution in [0.4, 0.5) is 5.82 Å². The van der Waals surface area contributed by atoms with E-state index < -0.39 is 0 Å². The van der Waals surface area contributed by atoms with Crippen LogP contribution in [0.15, 0.2) is 30.3 Å². The molecule has 30 heavy (non-hydrogen) atoms. The molecule has 0 spiro atoms. The highest BCUT2D eigenvalue weighted by molar-refractivity contribution is 6.29. The molecular weight excluding hydrogens is 406 g/mol. The van der Waals surface area contributed by atoms with Crippen molar-refractivity contribution in [1.82, 2.24) is 20.0 Å². The van der Waals surface area contributed by atoms with E-state index >= 15 is 0 Å². The fourth-order valence-corrected chi connectivity index (χ4v) is 3.83. The Balaban J connectivity index is 1.86. The number of fused-ring (bicyclic) bond motifs is 1. The number of nitrogens with zero attached hydrogens (tertiary/aromatic N) is 4. The summed E-state index contributed by atoms with van der Waals surface area (Å²) in [6.07, 6.45) is 1.14. The highest BCUT2D eigenvalue weighted by Crippen LogP contribution is 2.45. The van der Waals surface area contributed by atoms with Crippen LogP contribution in [0.1, 0.15) is 42.5 Å². The first kappa shape index (κ1) is 20.2. The van der Waals surface area contributed by atoms with Gasteiger partial charge in [-0.15, -0.1) is 10.2 Å². The number of aryl methyl sites for hydroxylation is 1. The van der Waals surface area contributed by atoms with E-state index in [4.69, 9.17) is 21.1 Å².